The molecule has 0 amide bonds. The van der Waals surface area contributed by atoms with Gasteiger partial charge in [0, 0.05) is 17.3 Å². The van der Waals surface area contributed by atoms with Gasteiger partial charge in [0.1, 0.15) is 11.4 Å². The van der Waals surface area contributed by atoms with E-state index in [-0.39, 0.29) is 11.8 Å². The van der Waals surface area contributed by atoms with Crippen molar-refractivity contribution in [2.45, 2.75) is 12.4 Å². The minimum Gasteiger partial charge on any atom is -0.497 e. The predicted molar refractivity (Wildman–Crippen MR) is 123 cm³/mol. The molecule has 2 heterocycles. The highest BCUT2D eigenvalue weighted by Crippen LogP contribution is 2.37. The molecule has 0 fully saturated rings. The van der Waals surface area contributed by atoms with Gasteiger partial charge >= 0.3 is 12.4 Å². The van der Waals surface area contributed by atoms with Crippen LogP contribution < -0.4 is 4.74 Å². The molecule has 0 unspecified atom stereocenters. The number of ketones is 1. The summed E-state index contributed by atoms with van der Waals surface area (Å²) in [5.74, 6) is 0.206. The van der Waals surface area contributed by atoms with E-state index in [1.54, 1.807) is 41.8 Å². The molecule has 0 atom stereocenters. The first-order valence-electron chi connectivity index (χ1n) is 10.3. The first-order chi connectivity index (χ1) is 17.0. The van der Waals surface area contributed by atoms with Crippen molar-refractivity contribution in [3.63, 3.8) is 0 Å². The molecule has 4 nitrogen and oxygen atoms in total. The molecule has 0 bridgehead atoms. The number of methoxy groups -OCH3 is 1. The summed E-state index contributed by atoms with van der Waals surface area (Å²) < 4.78 is 86.0. The topological polar surface area (TPSA) is 44.1 Å². The fraction of sp³-hybridized carbons (Fsp3) is 0.120. The van der Waals surface area contributed by atoms with Gasteiger partial charge in [-0.05, 0) is 66.1 Å². The van der Waals surface area contributed by atoms with Gasteiger partial charge in [-0.1, -0.05) is 6.07 Å². The van der Waals surface area contributed by atoms with Crippen LogP contribution in [0.25, 0.3) is 22.3 Å². The maximum absolute atomic E-state index is 13.3. The van der Waals surface area contributed by atoms with E-state index in [4.69, 9.17) is 4.74 Å². The third-order valence-corrected chi connectivity index (χ3v) is 6.00. The molecule has 0 spiro atoms. The average Bonchev–Trinajstić information content (AvgIpc) is 3.51. The quantitative estimate of drug-likeness (QED) is 0.149. The largest absolute Gasteiger partial charge is 0.497 e. The lowest BCUT2D eigenvalue weighted by Crippen LogP contribution is -2.12. The predicted octanol–water partition coefficient (Wildman–Crippen LogP) is 7.54. The summed E-state index contributed by atoms with van der Waals surface area (Å²) >= 11 is 1.28. The Morgan fingerprint density at radius 2 is 1.61 bits per heavy atom. The van der Waals surface area contributed by atoms with Crippen LogP contribution in [0.2, 0.25) is 0 Å². The molecule has 36 heavy (non-hydrogen) atoms. The number of benzene rings is 2. The smallest absolute Gasteiger partial charge is 0.416 e. The zero-order valence-electron chi connectivity index (χ0n) is 18.4. The fourth-order valence-electron chi connectivity index (χ4n) is 3.33. The minimum atomic E-state index is -4.99. The highest BCUT2D eigenvalue weighted by atomic mass is 32.1. The standard InChI is InChI=1S/C25H16F6N2O2S/c1-35-20-7-4-15(5-8-20)21(34)9-6-16-14-33(32-23(16)22-3-2-10-36-22)19-12-17(24(26,27)28)11-18(13-19)25(29,30)31/h2-14H,1H3. The van der Waals surface area contributed by atoms with Crippen LogP contribution in [-0.4, -0.2) is 22.7 Å². The van der Waals surface area contributed by atoms with E-state index in [9.17, 15) is 31.1 Å². The van der Waals surface area contributed by atoms with E-state index < -0.39 is 29.2 Å². The summed E-state index contributed by atoms with van der Waals surface area (Å²) in [5.41, 5.74) is -2.32. The Balaban J connectivity index is 1.77. The Kier molecular flexibility index (Phi) is 6.77. The van der Waals surface area contributed by atoms with Crippen molar-refractivity contribution >= 4 is 23.2 Å². The number of carbonyl (C=O) groups excluding carboxylic acids is 1. The Hall–Kier alpha value is -3.86. The van der Waals surface area contributed by atoms with Crippen molar-refractivity contribution in [3.05, 3.63) is 94.5 Å². The number of halogens is 6. The molecule has 0 aliphatic rings. The van der Waals surface area contributed by atoms with Crippen molar-refractivity contribution in [1.82, 2.24) is 9.78 Å². The summed E-state index contributed by atoms with van der Waals surface area (Å²) in [7, 11) is 1.49. The summed E-state index contributed by atoms with van der Waals surface area (Å²) in [5, 5.41) is 6.00. The molecule has 186 valence electrons. The number of alkyl halides is 6. The molecular weight excluding hydrogens is 506 g/mol. The van der Waals surface area contributed by atoms with Gasteiger partial charge in [-0.3, -0.25) is 4.79 Å². The Labute approximate surface area is 205 Å². The summed E-state index contributed by atoms with van der Waals surface area (Å²) in [4.78, 5) is 13.2. The minimum absolute atomic E-state index is 0.0571. The zero-order valence-corrected chi connectivity index (χ0v) is 19.2. The zero-order chi connectivity index (χ0) is 26.1. The number of aromatic nitrogens is 2. The first-order valence-corrected chi connectivity index (χ1v) is 11.1. The van der Waals surface area contributed by atoms with Crippen LogP contribution in [0.15, 0.2) is 72.3 Å². The van der Waals surface area contributed by atoms with Gasteiger partial charge in [0.05, 0.1) is 28.8 Å². The number of rotatable bonds is 6. The van der Waals surface area contributed by atoms with Crippen LogP contribution >= 0.6 is 11.3 Å². The van der Waals surface area contributed by atoms with E-state index in [0.29, 0.717) is 39.6 Å². The summed E-state index contributed by atoms with van der Waals surface area (Å²) in [6.07, 6.45) is -6.03. The Morgan fingerprint density at radius 1 is 0.972 bits per heavy atom. The van der Waals surface area contributed by atoms with Gasteiger partial charge in [0.25, 0.3) is 0 Å². The van der Waals surface area contributed by atoms with Gasteiger partial charge < -0.3 is 4.74 Å². The van der Waals surface area contributed by atoms with Crippen molar-refractivity contribution in [2.75, 3.05) is 7.11 Å². The Bertz CT molecular complexity index is 1370. The number of hydrogen-bond donors (Lipinski definition) is 0. The van der Waals surface area contributed by atoms with Gasteiger partial charge in [-0.15, -0.1) is 11.3 Å². The van der Waals surface area contributed by atoms with Gasteiger partial charge in [-0.25, -0.2) is 4.68 Å². The Morgan fingerprint density at radius 3 is 2.14 bits per heavy atom. The molecular formula is C25H16F6N2O2S. The first kappa shape index (κ1) is 25.2. The lowest BCUT2D eigenvalue weighted by atomic mass is 10.1. The van der Waals surface area contributed by atoms with E-state index in [1.165, 1.54) is 36.8 Å². The van der Waals surface area contributed by atoms with Crippen molar-refractivity contribution in [1.29, 1.82) is 0 Å². The van der Waals surface area contributed by atoms with E-state index in [1.807, 2.05) is 0 Å². The second kappa shape index (κ2) is 9.65. The lowest BCUT2D eigenvalue weighted by Gasteiger charge is -2.14. The van der Waals surface area contributed by atoms with Crippen molar-refractivity contribution in [3.8, 4) is 22.0 Å². The van der Waals surface area contributed by atoms with Crippen LogP contribution in [0.4, 0.5) is 26.3 Å². The van der Waals surface area contributed by atoms with Crippen LogP contribution in [-0.2, 0) is 12.4 Å². The van der Waals surface area contributed by atoms with E-state index in [0.717, 1.165) is 4.68 Å². The maximum atomic E-state index is 13.3. The molecule has 4 rings (SSSR count). The molecule has 0 aliphatic carbocycles. The number of carbonyl (C=O) groups is 1. The van der Waals surface area contributed by atoms with Crippen LogP contribution in [0.3, 0.4) is 0 Å². The molecule has 0 saturated heterocycles. The molecule has 0 aliphatic heterocycles. The maximum Gasteiger partial charge on any atom is 0.416 e. The van der Waals surface area contributed by atoms with E-state index in [2.05, 4.69) is 5.10 Å². The third-order valence-electron chi connectivity index (χ3n) is 5.12. The van der Waals surface area contributed by atoms with Gasteiger partial charge in [0.15, 0.2) is 5.78 Å². The highest BCUT2D eigenvalue weighted by molar-refractivity contribution is 7.13. The normalized spacial score (nSPS) is 12.3. The third kappa shape index (κ3) is 5.51. The van der Waals surface area contributed by atoms with Crippen LogP contribution in [0.5, 0.6) is 5.75 Å². The fourth-order valence-corrected chi connectivity index (χ4v) is 4.07. The SMILES string of the molecule is COc1ccc(C(=O)C=Cc2cn(-c3cc(C(F)(F)F)cc(C(F)(F)F)c3)nc2-c2cccs2)cc1. The molecule has 2 aromatic carbocycles. The van der Waals surface area contributed by atoms with Crippen molar-refractivity contribution < 1.29 is 35.9 Å². The summed E-state index contributed by atoms with van der Waals surface area (Å²) in [6.45, 7) is 0. The highest BCUT2D eigenvalue weighted by Gasteiger charge is 2.37. The van der Waals surface area contributed by atoms with Crippen LogP contribution in [0.1, 0.15) is 27.0 Å². The second-order valence-corrected chi connectivity index (χ2v) is 8.49. The number of hydrogen-bond acceptors (Lipinski definition) is 4. The number of allylic oxidation sites excluding steroid dienone is 1. The molecule has 4 aromatic rings. The van der Waals surface area contributed by atoms with E-state index >= 15 is 0 Å². The molecule has 0 N–H and O–H groups in total. The number of ether oxygens (including phenoxy) is 1. The molecule has 0 radical (unpaired) electrons. The van der Waals surface area contributed by atoms with Crippen LogP contribution in [0, 0.1) is 0 Å². The monoisotopic (exact) mass is 522 g/mol. The number of thiophene rings is 1. The van der Waals surface area contributed by atoms with Gasteiger partial charge in [-0.2, -0.15) is 31.4 Å². The molecule has 11 heteroatoms. The second-order valence-electron chi connectivity index (χ2n) is 7.55. The lowest BCUT2D eigenvalue weighted by molar-refractivity contribution is -0.143. The molecule has 0 saturated carbocycles. The number of nitrogens with zero attached hydrogens (tertiary/aromatic N) is 2. The molecule has 2 aromatic heterocycles. The average molecular weight is 522 g/mol. The van der Waals surface area contributed by atoms with Gasteiger partial charge in [0.2, 0.25) is 0 Å². The summed E-state index contributed by atoms with van der Waals surface area (Å²) in [6, 6.07) is 11.0. The van der Waals surface area contributed by atoms with Crippen molar-refractivity contribution in [2.24, 2.45) is 0 Å².